The molecule has 57 heavy (non-hydrogen) atoms. The molecule has 2 aliphatic heterocycles. The first kappa shape index (κ1) is 41.0. The molecular formula is C37H38O20. The van der Waals surface area contributed by atoms with Crippen LogP contribution in [0.3, 0.4) is 0 Å². The summed E-state index contributed by atoms with van der Waals surface area (Å²) < 4.78 is 39.0. The van der Waals surface area contributed by atoms with E-state index in [1.165, 1.54) is 37.5 Å². The fourth-order valence-electron chi connectivity index (χ4n) is 6.14. The van der Waals surface area contributed by atoms with Crippen molar-refractivity contribution in [3.8, 4) is 51.6 Å². The number of rotatable bonds is 11. The number of phenolic OH excluding ortho intramolecular Hbond substituents is 5. The molecule has 0 bridgehead atoms. The third-order valence-corrected chi connectivity index (χ3v) is 9.18. The molecule has 11 N–H and O–H groups in total. The van der Waals surface area contributed by atoms with E-state index < -0.39 is 126 Å². The number of aliphatic hydroxyl groups is 6. The van der Waals surface area contributed by atoms with Crippen molar-refractivity contribution >= 4 is 23.0 Å². The van der Waals surface area contributed by atoms with Crippen LogP contribution in [0.5, 0.6) is 40.2 Å². The molecule has 20 heteroatoms. The number of methoxy groups -OCH3 is 1. The fraction of sp³-hybridized carbons (Fsp3) is 0.351. The summed E-state index contributed by atoms with van der Waals surface area (Å²) >= 11 is 0. The Morgan fingerprint density at radius 2 is 1.47 bits per heavy atom. The van der Waals surface area contributed by atoms with E-state index in [-0.39, 0.29) is 22.6 Å². The van der Waals surface area contributed by atoms with E-state index in [2.05, 4.69) is 0 Å². The van der Waals surface area contributed by atoms with Gasteiger partial charge in [-0.2, -0.15) is 0 Å². The monoisotopic (exact) mass is 802 g/mol. The van der Waals surface area contributed by atoms with Crippen molar-refractivity contribution in [1.82, 2.24) is 0 Å². The quantitative estimate of drug-likeness (QED) is 0.0505. The van der Waals surface area contributed by atoms with Crippen LogP contribution in [0.1, 0.15) is 5.56 Å². The Morgan fingerprint density at radius 1 is 0.772 bits per heavy atom. The first-order valence-corrected chi connectivity index (χ1v) is 17.0. The van der Waals surface area contributed by atoms with Gasteiger partial charge in [0.15, 0.2) is 41.2 Å². The minimum atomic E-state index is -2.07. The third-order valence-electron chi connectivity index (χ3n) is 9.18. The predicted molar refractivity (Wildman–Crippen MR) is 189 cm³/mol. The standard InChI is InChI=1S/C37H38O20/c1-51-21-8-14(2-5-18(21)41)3-7-25(44)52-13-24-28(46)30(48)32(50)36(55-24)57-35-31(49)27(45)23(12-38)54-37(35)56-34-29(47)26-20(43)10-16(39)11-22(26)53-33(34)15-4-6-17(40)19(42)9-15/h2-11,23-24,27-28,30-32,35-43,45-46,48-50H,12-13H2,1H3/t23-,24+,27-,28-,30+,31+,32-,35+,36+,37+/m1/s1. The molecule has 0 aliphatic carbocycles. The molecule has 1 aromatic heterocycles. The van der Waals surface area contributed by atoms with Crippen LogP contribution < -0.4 is 14.9 Å². The molecule has 10 atom stereocenters. The summed E-state index contributed by atoms with van der Waals surface area (Å²) in [4.78, 5) is 26.5. The summed E-state index contributed by atoms with van der Waals surface area (Å²) in [5.41, 5.74) is -1.12. The predicted octanol–water partition coefficient (Wildman–Crippen LogP) is -0.736. The number of esters is 1. The number of aliphatic hydroxyl groups excluding tert-OH is 6. The number of ether oxygens (including phenoxy) is 6. The zero-order valence-corrected chi connectivity index (χ0v) is 29.6. The van der Waals surface area contributed by atoms with Crippen LogP contribution in [-0.4, -0.2) is 144 Å². The first-order chi connectivity index (χ1) is 27.1. The minimum Gasteiger partial charge on any atom is -0.508 e. The number of benzene rings is 3. The number of aromatic hydroxyl groups is 5. The van der Waals surface area contributed by atoms with Gasteiger partial charge in [0.25, 0.3) is 0 Å². The van der Waals surface area contributed by atoms with Gasteiger partial charge >= 0.3 is 5.97 Å². The van der Waals surface area contributed by atoms with Gasteiger partial charge < -0.3 is 89.0 Å². The second-order valence-electron chi connectivity index (χ2n) is 13.0. The number of carbonyl (C=O) groups excluding carboxylic acids is 1. The van der Waals surface area contributed by atoms with Crippen LogP contribution in [0.2, 0.25) is 0 Å². The topological polar surface area (TPSA) is 325 Å². The highest BCUT2D eigenvalue weighted by Crippen LogP contribution is 2.40. The fourth-order valence-corrected chi connectivity index (χ4v) is 6.14. The summed E-state index contributed by atoms with van der Waals surface area (Å²) in [5, 5.41) is 114. The van der Waals surface area contributed by atoms with Gasteiger partial charge in [0.2, 0.25) is 17.5 Å². The average molecular weight is 803 g/mol. The maximum atomic E-state index is 14.0. The number of hydrogen-bond acceptors (Lipinski definition) is 20. The first-order valence-electron chi connectivity index (χ1n) is 17.0. The van der Waals surface area contributed by atoms with Gasteiger partial charge in [-0.3, -0.25) is 4.79 Å². The van der Waals surface area contributed by atoms with Gasteiger partial charge in [-0.1, -0.05) is 6.07 Å². The lowest BCUT2D eigenvalue weighted by Gasteiger charge is -2.45. The number of hydrogen-bond donors (Lipinski definition) is 11. The highest BCUT2D eigenvalue weighted by atomic mass is 16.8. The van der Waals surface area contributed by atoms with E-state index >= 15 is 0 Å². The second kappa shape index (κ2) is 16.8. The molecule has 0 spiro atoms. The normalized spacial score (nSPS) is 27.7. The van der Waals surface area contributed by atoms with Gasteiger partial charge in [-0.05, 0) is 42.0 Å². The lowest BCUT2D eigenvalue weighted by molar-refractivity contribution is -0.358. The summed E-state index contributed by atoms with van der Waals surface area (Å²) in [6.45, 7) is -1.63. The lowest BCUT2D eigenvalue weighted by atomic mass is 9.97. The van der Waals surface area contributed by atoms with Gasteiger partial charge in [0.1, 0.15) is 71.8 Å². The van der Waals surface area contributed by atoms with E-state index in [1.807, 2.05) is 0 Å². The van der Waals surface area contributed by atoms with Crippen molar-refractivity contribution in [2.45, 2.75) is 61.4 Å². The Balaban J connectivity index is 1.28. The van der Waals surface area contributed by atoms with Crippen LogP contribution >= 0.6 is 0 Å². The maximum absolute atomic E-state index is 14.0. The molecular weight excluding hydrogens is 764 g/mol. The lowest BCUT2D eigenvalue weighted by Crippen LogP contribution is -2.65. The number of carbonyl (C=O) groups is 1. The van der Waals surface area contributed by atoms with Gasteiger partial charge in [0, 0.05) is 23.8 Å². The van der Waals surface area contributed by atoms with Crippen molar-refractivity contribution in [1.29, 1.82) is 0 Å². The van der Waals surface area contributed by atoms with Crippen LogP contribution in [-0.2, 0) is 23.7 Å². The Hall–Kier alpha value is -5.68. The molecule has 2 fully saturated rings. The van der Waals surface area contributed by atoms with E-state index in [9.17, 15) is 65.8 Å². The smallest absolute Gasteiger partial charge is 0.330 e. The second-order valence-corrected chi connectivity index (χ2v) is 13.0. The van der Waals surface area contributed by atoms with Crippen LogP contribution in [0.25, 0.3) is 28.4 Å². The molecule has 3 aromatic carbocycles. The Morgan fingerprint density at radius 3 is 2.18 bits per heavy atom. The van der Waals surface area contributed by atoms with Crippen molar-refractivity contribution in [2.75, 3.05) is 20.3 Å². The molecule has 20 nitrogen and oxygen atoms in total. The molecule has 6 rings (SSSR count). The van der Waals surface area contributed by atoms with Crippen LogP contribution in [0.15, 0.2) is 63.8 Å². The highest BCUT2D eigenvalue weighted by molar-refractivity contribution is 5.88. The summed E-state index contributed by atoms with van der Waals surface area (Å²) in [7, 11) is 1.34. The molecule has 306 valence electrons. The largest absolute Gasteiger partial charge is 0.508 e. The molecule has 0 saturated carbocycles. The van der Waals surface area contributed by atoms with E-state index in [4.69, 9.17) is 32.8 Å². The summed E-state index contributed by atoms with van der Waals surface area (Å²) in [5.74, 6) is -4.65. The zero-order chi connectivity index (χ0) is 41.3. The molecule has 0 amide bonds. The molecule has 0 unspecified atom stereocenters. The summed E-state index contributed by atoms with van der Waals surface area (Å²) in [6, 6.07) is 9.31. The van der Waals surface area contributed by atoms with Crippen molar-refractivity contribution in [3.05, 3.63) is 70.4 Å². The summed E-state index contributed by atoms with van der Waals surface area (Å²) in [6.07, 6.45) is -16.7. The highest BCUT2D eigenvalue weighted by Gasteiger charge is 2.52. The van der Waals surface area contributed by atoms with Crippen molar-refractivity contribution in [2.24, 2.45) is 0 Å². The van der Waals surface area contributed by atoms with Crippen molar-refractivity contribution < 1.29 is 93.8 Å². The van der Waals surface area contributed by atoms with E-state index in [1.54, 1.807) is 0 Å². The van der Waals surface area contributed by atoms with E-state index in [0.717, 1.165) is 30.3 Å². The van der Waals surface area contributed by atoms with Gasteiger partial charge in [-0.15, -0.1) is 0 Å². The Kier molecular flexibility index (Phi) is 12.1. The molecule has 3 heterocycles. The van der Waals surface area contributed by atoms with Crippen LogP contribution in [0, 0.1) is 0 Å². The van der Waals surface area contributed by atoms with E-state index in [0.29, 0.717) is 5.56 Å². The molecule has 2 saturated heterocycles. The van der Waals surface area contributed by atoms with Gasteiger partial charge in [0.05, 0.1) is 13.7 Å². The van der Waals surface area contributed by atoms with Crippen molar-refractivity contribution in [3.63, 3.8) is 0 Å². The Labute approximate surface area is 320 Å². The third kappa shape index (κ3) is 8.39. The SMILES string of the molecule is COc1cc(C=CC(=O)OC[C@@H]2O[C@@H](O[C@@H]3[C@H](Oc4c(-c5ccc(O)c(O)c5)oc5cc(O)cc(O)c5c4=O)O[C@H](CO)[C@@H](O)[C@@H]3O)[C@H](O)[C@@H](O)[C@@H]2O)ccc1O. The maximum Gasteiger partial charge on any atom is 0.330 e. The number of phenols is 5. The zero-order valence-electron chi connectivity index (χ0n) is 29.6. The molecule has 4 aromatic rings. The molecule has 2 aliphatic rings. The van der Waals surface area contributed by atoms with Crippen LogP contribution in [0.4, 0.5) is 0 Å². The number of fused-ring (bicyclic) bond motifs is 1. The minimum absolute atomic E-state index is 0.104. The average Bonchev–Trinajstić information content (AvgIpc) is 3.18. The van der Waals surface area contributed by atoms with Gasteiger partial charge in [-0.25, -0.2) is 4.79 Å². The molecule has 0 radical (unpaired) electrons. The Bertz CT molecular complexity index is 2180.